The summed E-state index contributed by atoms with van der Waals surface area (Å²) in [5.74, 6) is -3.37. The lowest BCUT2D eigenvalue weighted by atomic mass is 9.43. The molecule has 2 saturated carbocycles. The van der Waals surface area contributed by atoms with Gasteiger partial charge in [0.05, 0.1) is 43.0 Å². The highest BCUT2D eigenvalue weighted by atomic mass is 16.6. The van der Waals surface area contributed by atoms with Gasteiger partial charge in [-0.05, 0) is 60.6 Å². The first-order chi connectivity index (χ1) is 24.5. The molecule has 0 spiro atoms. The summed E-state index contributed by atoms with van der Waals surface area (Å²) in [6.45, 7) is 9.80. The molecule has 3 aliphatic carbocycles. The second kappa shape index (κ2) is 12.8. The molecule has 0 amide bonds. The molecule has 11 heteroatoms. The first-order valence-corrected chi connectivity index (χ1v) is 18.2. The second-order valence-corrected chi connectivity index (χ2v) is 16.3. The Kier molecular flexibility index (Phi) is 9.02. The van der Waals surface area contributed by atoms with Crippen LogP contribution in [0.2, 0.25) is 0 Å². The molecule has 11 nitrogen and oxygen atoms in total. The molecule has 7 rings (SSSR count). The Hall–Kier alpha value is -3.61. The largest absolute Gasteiger partial charge is 0.497 e. The van der Waals surface area contributed by atoms with Crippen LogP contribution in [-0.2, 0) is 33.3 Å². The first kappa shape index (κ1) is 36.7. The van der Waals surface area contributed by atoms with Gasteiger partial charge in [-0.2, -0.15) is 0 Å². The van der Waals surface area contributed by atoms with Gasteiger partial charge in [-0.25, -0.2) is 4.79 Å². The fraction of sp³-hybridized carbons (Fsp3) is 0.585. The molecule has 4 fully saturated rings. The highest BCUT2D eigenvalue weighted by Gasteiger charge is 2.74. The maximum atomic E-state index is 14.9. The van der Waals surface area contributed by atoms with Crippen molar-refractivity contribution < 1.29 is 53.4 Å². The van der Waals surface area contributed by atoms with Crippen molar-refractivity contribution in [2.24, 2.45) is 22.7 Å². The number of aliphatic hydroxyl groups excluding tert-OH is 1. The van der Waals surface area contributed by atoms with Gasteiger partial charge in [0.1, 0.15) is 17.5 Å². The number of aliphatic hydroxyl groups is 3. The van der Waals surface area contributed by atoms with Crippen LogP contribution in [-0.4, -0.2) is 88.5 Å². The number of rotatable bonds is 6. The van der Waals surface area contributed by atoms with Crippen molar-refractivity contribution in [3.8, 4) is 5.75 Å². The predicted octanol–water partition coefficient (Wildman–Crippen LogP) is 4.37. The van der Waals surface area contributed by atoms with E-state index in [1.807, 2.05) is 54.6 Å². The van der Waals surface area contributed by atoms with E-state index in [1.165, 1.54) is 6.92 Å². The quantitative estimate of drug-likeness (QED) is 0.288. The number of hydrogen-bond acceptors (Lipinski definition) is 11. The average Bonchev–Trinajstić information content (AvgIpc) is 3.56. The molecule has 2 aromatic carbocycles. The lowest BCUT2D eigenvalue weighted by Crippen LogP contribution is -2.79. The molecule has 0 radical (unpaired) electrons. The van der Waals surface area contributed by atoms with E-state index in [-0.39, 0.29) is 25.4 Å². The third kappa shape index (κ3) is 5.29. The molecule has 2 aliphatic heterocycles. The molecule has 2 bridgehead atoms. The van der Waals surface area contributed by atoms with E-state index in [4.69, 9.17) is 23.7 Å². The molecule has 2 heterocycles. The van der Waals surface area contributed by atoms with E-state index in [1.54, 1.807) is 41.7 Å². The normalized spacial score (nSPS) is 40.7. The lowest BCUT2D eigenvalue weighted by molar-refractivity contribution is -0.335. The van der Waals surface area contributed by atoms with Gasteiger partial charge in [0.2, 0.25) is 0 Å². The Bertz CT molecular complexity index is 1770. The number of hydrogen-bond donors (Lipinski definition) is 3. The summed E-state index contributed by atoms with van der Waals surface area (Å²) in [5, 5.41) is 36.8. The van der Waals surface area contributed by atoms with Crippen LogP contribution in [0.5, 0.6) is 5.75 Å². The summed E-state index contributed by atoms with van der Waals surface area (Å²) in [6, 6.07) is 17.2. The van der Waals surface area contributed by atoms with Crippen molar-refractivity contribution in [3.63, 3.8) is 0 Å². The van der Waals surface area contributed by atoms with Gasteiger partial charge in [0, 0.05) is 37.0 Å². The summed E-state index contributed by atoms with van der Waals surface area (Å²) in [5.41, 5.74) is -3.46. The standard InChI is InChI=1S/C41H50O11/c1-21-29(52-37(45)33-27(24-11-9-8-10-12-24)17-28(51-33)25-13-15-26(48-7)16-14-25)19-41(47)22(2)35-39(6,30(43)18-31-40(35,46)20-49-31)36(44)34(50-23(3)42)32(21)38(41,4)5/h8-16,22,27-31,33-35,43,46-47H,17-20H2,1-7H3/t22?,27-,28-,29?,30?,31?,33?,34?,35?,39+,40-,41?/m0/s1. The van der Waals surface area contributed by atoms with Gasteiger partial charge in [-0.3, -0.25) is 9.59 Å². The van der Waals surface area contributed by atoms with Crippen LogP contribution in [0.3, 0.4) is 0 Å². The van der Waals surface area contributed by atoms with E-state index >= 15 is 0 Å². The number of esters is 2. The van der Waals surface area contributed by atoms with Crippen molar-refractivity contribution >= 4 is 17.7 Å². The Balaban J connectivity index is 1.30. The third-order valence-corrected chi connectivity index (χ3v) is 13.5. The summed E-state index contributed by atoms with van der Waals surface area (Å²) in [6.07, 6.45) is -5.48. The van der Waals surface area contributed by atoms with Crippen LogP contribution in [0.25, 0.3) is 0 Å². The van der Waals surface area contributed by atoms with Crippen LogP contribution in [0.4, 0.5) is 0 Å². The molecule has 2 aromatic rings. The zero-order valence-electron chi connectivity index (χ0n) is 30.8. The van der Waals surface area contributed by atoms with Crippen molar-refractivity contribution in [2.45, 2.75) is 115 Å². The average molecular weight is 719 g/mol. The maximum Gasteiger partial charge on any atom is 0.336 e. The third-order valence-electron chi connectivity index (χ3n) is 13.5. The molecule has 5 aliphatic rings. The number of Topliss-reactive ketones (excluding diaryl/α,β-unsaturated/α-hetero) is 1. The number of carbonyl (C=O) groups excluding carboxylic acids is 3. The Morgan fingerprint density at radius 1 is 0.942 bits per heavy atom. The molecule has 2 saturated heterocycles. The topological polar surface area (TPSA) is 158 Å². The van der Waals surface area contributed by atoms with Crippen LogP contribution < -0.4 is 4.74 Å². The van der Waals surface area contributed by atoms with Crippen molar-refractivity contribution in [2.75, 3.05) is 13.7 Å². The Morgan fingerprint density at radius 3 is 2.21 bits per heavy atom. The lowest BCUT2D eigenvalue weighted by Gasteiger charge is -2.67. The van der Waals surface area contributed by atoms with Crippen LogP contribution in [0.1, 0.15) is 84.0 Å². The molecule has 280 valence electrons. The van der Waals surface area contributed by atoms with Crippen LogP contribution in [0, 0.1) is 22.7 Å². The van der Waals surface area contributed by atoms with Crippen molar-refractivity contribution in [1.29, 1.82) is 0 Å². The highest BCUT2D eigenvalue weighted by molar-refractivity contribution is 5.95. The number of methoxy groups -OCH3 is 1. The number of fused-ring (bicyclic) bond motifs is 5. The number of benzene rings is 2. The van der Waals surface area contributed by atoms with E-state index in [2.05, 4.69) is 0 Å². The Morgan fingerprint density at radius 2 is 1.62 bits per heavy atom. The molecule has 52 heavy (non-hydrogen) atoms. The minimum absolute atomic E-state index is 0.0102. The molecular weight excluding hydrogens is 668 g/mol. The number of ketones is 1. The molecule has 8 unspecified atom stereocenters. The van der Waals surface area contributed by atoms with E-state index < -0.39 is 88.2 Å². The second-order valence-electron chi connectivity index (χ2n) is 16.3. The minimum atomic E-state index is -1.72. The van der Waals surface area contributed by atoms with E-state index in [0.29, 0.717) is 23.3 Å². The summed E-state index contributed by atoms with van der Waals surface area (Å²) >= 11 is 0. The van der Waals surface area contributed by atoms with Crippen LogP contribution >= 0.6 is 0 Å². The molecule has 3 N–H and O–H groups in total. The van der Waals surface area contributed by atoms with Gasteiger partial charge in [0.15, 0.2) is 18.0 Å². The smallest absolute Gasteiger partial charge is 0.336 e. The van der Waals surface area contributed by atoms with Crippen molar-refractivity contribution in [1.82, 2.24) is 0 Å². The van der Waals surface area contributed by atoms with Crippen molar-refractivity contribution in [3.05, 3.63) is 76.9 Å². The fourth-order valence-electron chi connectivity index (χ4n) is 10.5. The van der Waals surface area contributed by atoms with E-state index in [9.17, 15) is 29.7 Å². The molecule has 12 atom stereocenters. The minimum Gasteiger partial charge on any atom is -0.497 e. The monoisotopic (exact) mass is 718 g/mol. The maximum absolute atomic E-state index is 14.9. The SMILES string of the molecule is COc1ccc([C@@H]2C[C@@H](c3ccccc3)C(C(=O)OC3CC4(O)C(C)C5[C@]6(O)COC6CC(O)[C@@]5(C)C(=O)C(OC(C)=O)C(=C3C)C4(C)C)O2)cc1. The number of ether oxygens (including phenoxy) is 5. The summed E-state index contributed by atoms with van der Waals surface area (Å²) in [4.78, 5) is 42.0. The number of carbonyl (C=O) groups is 3. The Labute approximate surface area is 304 Å². The predicted molar refractivity (Wildman–Crippen MR) is 187 cm³/mol. The fourth-order valence-corrected chi connectivity index (χ4v) is 10.5. The van der Waals surface area contributed by atoms with Gasteiger partial charge >= 0.3 is 11.9 Å². The van der Waals surface area contributed by atoms with Gasteiger partial charge in [-0.1, -0.05) is 63.2 Å². The van der Waals surface area contributed by atoms with Gasteiger partial charge in [0.25, 0.3) is 0 Å². The zero-order valence-corrected chi connectivity index (χ0v) is 30.8. The zero-order chi connectivity index (χ0) is 37.5. The van der Waals surface area contributed by atoms with Gasteiger partial charge in [-0.15, -0.1) is 0 Å². The van der Waals surface area contributed by atoms with Gasteiger partial charge < -0.3 is 39.0 Å². The van der Waals surface area contributed by atoms with E-state index in [0.717, 1.165) is 11.1 Å². The first-order valence-electron chi connectivity index (χ1n) is 18.2. The molecular formula is C41H50O11. The molecule has 0 aromatic heterocycles. The highest BCUT2D eigenvalue weighted by Crippen LogP contribution is 2.64. The van der Waals surface area contributed by atoms with Crippen LogP contribution in [0.15, 0.2) is 65.7 Å². The summed E-state index contributed by atoms with van der Waals surface area (Å²) in [7, 11) is 1.60. The summed E-state index contributed by atoms with van der Waals surface area (Å²) < 4.78 is 29.7.